The van der Waals surface area contributed by atoms with Crippen LogP contribution in [-0.2, 0) is 15.9 Å². The molecule has 0 heterocycles. The first kappa shape index (κ1) is 17.2. The molecule has 0 aliphatic carbocycles. The topological polar surface area (TPSA) is 38.7 Å². The molecule has 3 heteroatoms. The highest BCUT2D eigenvalue weighted by molar-refractivity contribution is 5.24. The van der Waals surface area contributed by atoms with Crippen molar-refractivity contribution in [3.63, 3.8) is 0 Å². The minimum atomic E-state index is -0.559. The Kier molecular flexibility index (Phi) is 7.20. The number of aryl methyl sites for hydroxylation is 1. The zero-order valence-corrected chi connectivity index (χ0v) is 13.2. The van der Waals surface area contributed by atoms with Crippen LogP contribution in [0, 0.1) is 0 Å². The molecule has 0 spiro atoms. The molecule has 3 nitrogen and oxygen atoms in total. The molecule has 0 aliphatic rings. The molecule has 0 fully saturated rings. The summed E-state index contributed by atoms with van der Waals surface area (Å²) in [4.78, 5) is 0. The van der Waals surface area contributed by atoms with Crippen molar-refractivity contribution in [2.75, 3.05) is 20.3 Å². The van der Waals surface area contributed by atoms with E-state index in [0.29, 0.717) is 13.2 Å². The molecule has 1 aromatic carbocycles. The lowest BCUT2D eigenvalue weighted by Crippen LogP contribution is -2.25. The van der Waals surface area contributed by atoms with E-state index in [4.69, 9.17) is 9.47 Å². The molecule has 0 saturated carbocycles. The largest absolute Gasteiger partial charge is 0.386 e. The Morgan fingerprint density at radius 3 is 2.40 bits per heavy atom. The fourth-order valence-corrected chi connectivity index (χ4v) is 1.91. The third kappa shape index (κ3) is 6.04. The molecule has 0 radical (unpaired) electrons. The lowest BCUT2D eigenvalue weighted by Gasteiger charge is -2.22. The monoisotopic (exact) mass is 280 g/mol. The first-order valence-corrected chi connectivity index (χ1v) is 7.38. The van der Waals surface area contributed by atoms with E-state index < -0.39 is 6.10 Å². The molecule has 1 rings (SSSR count). The predicted molar refractivity (Wildman–Crippen MR) is 81.9 cm³/mol. The maximum Gasteiger partial charge on any atom is 0.102 e. The van der Waals surface area contributed by atoms with Crippen molar-refractivity contribution in [3.05, 3.63) is 35.4 Å². The molecule has 1 N–H and O–H groups in total. The van der Waals surface area contributed by atoms with E-state index >= 15 is 0 Å². The molecule has 0 aliphatic heterocycles. The van der Waals surface area contributed by atoms with Crippen LogP contribution >= 0.6 is 0 Å². The SMILES string of the molecule is CCCc1ccc(C(O)COCCC(C)(C)OC)cc1. The van der Waals surface area contributed by atoms with Gasteiger partial charge in [0, 0.05) is 13.7 Å². The van der Waals surface area contributed by atoms with Gasteiger partial charge in [-0.05, 0) is 37.8 Å². The molecule has 114 valence electrons. The van der Waals surface area contributed by atoms with Crippen molar-refractivity contribution in [3.8, 4) is 0 Å². The molecular formula is C17H28O3. The van der Waals surface area contributed by atoms with Crippen molar-refractivity contribution in [1.82, 2.24) is 0 Å². The summed E-state index contributed by atoms with van der Waals surface area (Å²) in [5.74, 6) is 0. The van der Waals surface area contributed by atoms with Crippen molar-refractivity contribution < 1.29 is 14.6 Å². The Labute approximate surface area is 122 Å². The number of aliphatic hydroxyl groups excluding tert-OH is 1. The maximum absolute atomic E-state index is 10.1. The van der Waals surface area contributed by atoms with Gasteiger partial charge in [-0.2, -0.15) is 0 Å². The van der Waals surface area contributed by atoms with Crippen LogP contribution in [0.2, 0.25) is 0 Å². The second-order valence-corrected chi connectivity index (χ2v) is 5.80. The quantitative estimate of drug-likeness (QED) is 0.704. The van der Waals surface area contributed by atoms with Crippen LogP contribution in [0.3, 0.4) is 0 Å². The first-order valence-electron chi connectivity index (χ1n) is 7.38. The van der Waals surface area contributed by atoms with Gasteiger partial charge in [0.1, 0.15) is 6.10 Å². The van der Waals surface area contributed by atoms with E-state index in [1.54, 1.807) is 7.11 Å². The van der Waals surface area contributed by atoms with Gasteiger partial charge in [0.05, 0.1) is 12.2 Å². The van der Waals surface area contributed by atoms with Crippen LogP contribution < -0.4 is 0 Å². The standard InChI is InChI=1S/C17H28O3/c1-5-6-14-7-9-15(10-8-14)16(18)13-20-12-11-17(2,3)19-4/h7-10,16,18H,5-6,11-13H2,1-4H3. The van der Waals surface area contributed by atoms with Crippen LogP contribution in [0.5, 0.6) is 0 Å². The van der Waals surface area contributed by atoms with E-state index in [0.717, 1.165) is 24.8 Å². The fraction of sp³-hybridized carbons (Fsp3) is 0.647. The van der Waals surface area contributed by atoms with Crippen molar-refractivity contribution in [2.24, 2.45) is 0 Å². The minimum absolute atomic E-state index is 0.174. The number of ether oxygens (including phenoxy) is 2. The highest BCUT2D eigenvalue weighted by atomic mass is 16.5. The fourth-order valence-electron chi connectivity index (χ4n) is 1.91. The number of benzene rings is 1. The predicted octanol–water partition coefficient (Wildman–Crippen LogP) is 3.50. The second kappa shape index (κ2) is 8.40. The van der Waals surface area contributed by atoms with Crippen molar-refractivity contribution in [1.29, 1.82) is 0 Å². The molecule has 1 atom stereocenters. The summed E-state index contributed by atoms with van der Waals surface area (Å²) in [7, 11) is 1.70. The summed E-state index contributed by atoms with van der Waals surface area (Å²) < 4.78 is 10.9. The molecular weight excluding hydrogens is 252 g/mol. The Balaban J connectivity index is 2.33. The Morgan fingerprint density at radius 1 is 1.20 bits per heavy atom. The van der Waals surface area contributed by atoms with E-state index in [1.807, 2.05) is 26.0 Å². The number of hydrogen-bond donors (Lipinski definition) is 1. The summed E-state index contributed by atoms with van der Waals surface area (Å²) in [6.45, 7) is 7.13. The van der Waals surface area contributed by atoms with Gasteiger partial charge in [-0.15, -0.1) is 0 Å². The van der Waals surface area contributed by atoms with Gasteiger partial charge < -0.3 is 14.6 Å². The average Bonchev–Trinajstić information content (AvgIpc) is 2.44. The summed E-state index contributed by atoms with van der Waals surface area (Å²) in [6.07, 6.45) is 2.47. The van der Waals surface area contributed by atoms with Gasteiger partial charge >= 0.3 is 0 Å². The lowest BCUT2D eigenvalue weighted by atomic mass is 10.0. The molecule has 0 bridgehead atoms. The molecule has 0 saturated heterocycles. The van der Waals surface area contributed by atoms with Gasteiger partial charge in [-0.3, -0.25) is 0 Å². The summed E-state index contributed by atoms with van der Waals surface area (Å²) in [6, 6.07) is 8.13. The van der Waals surface area contributed by atoms with E-state index in [1.165, 1.54) is 5.56 Å². The van der Waals surface area contributed by atoms with Crippen LogP contribution in [0.15, 0.2) is 24.3 Å². The van der Waals surface area contributed by atoms with Crippen LogP contribution in [-0.4, -0.2) is 31.0 Å². The third-order valence-electron chi connectivity index (χ3n) is 3.58. The Bertz CT molecular complexity index is 370. The molecule has 1 unspecified atom stereocenters. The summed E-state index contributed by atoms with van der Waals surface area (Å²) >= 11 is 0. The van der Waals surface area contributed by atoms with Crippen molar-refractivity contribution >= 4 is 0 Å². The van der Waals surface area contributed by atoms with Crippen molar-refractivity contribution in [2.45, 2.75) is 51.7 Å². The number of methoxy groups -OCH3 is 1. The zero-order chi connectivity index (χ0) is 15.0. The summed E-state index contributed by atoms with van der Waals surface area (Å²) in [5, 5.41) is 10.1. The first-order chi connectivity index (χ1) is 9.48. The molecule has 0 aromatic heterocycles. The average molecular weight is 280 g/mol. The van der Waals surface area contributed by atoms with Gasteiger partial charge in [0.15, 0.2) is 0 Å². The van der Waals surface area contributed by atoms with Gasteiger partial charge in [-0.25, -0.2) is 0 Å². The minimum Gasteiger partial charge on any atom is -0.386 e. The molecule has 1 aromatic rings. The van der Waals surface area contributed by atoms with E-state index in [9.17, 15) is 5.11 Å². The summed E-state index contributed by atoms with van der Waals surface area (Å²) in [5.41, 5.74) is 2.05. The second-order valence-electron chi connectivity index (χ2n) is 5.80. The Morgan fingerprint density at radius 2 is 1.85 bits per heavy atom. The molecule has 0 amide bonds. The normalized spacial score (nSPS) is 13.4. The number of hydrogen-bond acceptors (Lipinski definition) is 3. The van der Waals surface area contributed by atoms with E-state index in [2.05, 4.69) is 19.1 Å². The highest BCUT2D eigenvalue weighted by Crippen LogP contribution is 2.17. The van der Waals surface area contributed by atoms with Gasteiger partial charge in [0.25, 0.3) is 0 Å². The zero-order valence-electron chi connectivity index (χ0n) is 13.2. The lowest BCUT2D eigenvalue weighted by molar-refractivity contribution is -0.0249. The highest BCUT2D eigenvalue weighted by Gasteiger charge is 2.16. The van der Waals surface area contributed by atoms with Gasteiger partial charge in [-0.1, -0.05) is 37.6 Å². The van der Waals surface area contributed by atoms with Gasteiger partial charge in [0.2, 0.25) is 0 Å². The van der Waals surface area contributed by atoms with Crippen LogP contribution in [0.4, 0.5) is 0 Å². The number of rotatable bonds is 9. The van der Waals surface area contributed by atoms with Crippen LogP contribution in [0.1, 0.15) is 50.8 Å². The maximum atomic E-state index is 10.1. The van der Waals surface area contributed by atoms with E-state index in [-0.39, 0.29) is 5.60 Å². The molecule has 20 heavy (non-hydrogen) atoms. The Hall–Kier alpha value is -0.900. The smallest absolute Gasteiger partial charge is 0.102 e. The van der Waals surface area contributed by atoms with Crippen LogP contribution in [0.25, 0.3) is 0 Å². The number of aliphatic hydroxyl groups is 1. The third-order valence-corrected chi connectivity index (χ3v) is 3.58.